The third-order valence-electron chi connectivity index (χ3n) is 1.69. The number of nitrogens with one attached hydrogen (secondary N) is 1. The highest BCUT2D eigenvalue weighted by atomic mass is 32.2. The second-order valence-corrected chi connectivity index (χ2v) is 7.53. The van der Waals surface area contributed by atoms with Gasteiger partial charge in [-0.25, -0.2) is 21.6 Å². The molecule has 0 saturated heterocycles. The topological polar surface area (TPSA) is 97.4 Å². The lowest BCUT2D eigenvalue weighted by Gasteiger charge is -2.10. The normalized spacial score (nSPS) is 14.9. The average molecular weight is 257 g/mol. The minimum Gasteiger partial charge on any atom is -0.298 e. The van der Waals surface area contributed by atoms with E-state index in [-0.39, 0.29) is 5.78 Å². The van der Waals surface area contributed by atoms with E-state index in [2.05, 4.69) is 4.72 Å². The summed E-state index contributed by atoms with van der Waals surface area (Å²) < 4.78 is 46.1. The Labute approximate surface area is 90.0 Å². The van der Waals surface area contributed by atoms with Gasteiger partial charge in [-0.2, -0.15) is 0 Å². The predicted molar refractivity (Wildman–Crippen MR) is 56.8 cm³/mol. The van der Waals surface area contributed by atoms with Crippen molar-refractivity contribution in [3.05, 3.63) is 0 Å². The van der Waals surface area contributed by atoms with Crippen molar-refractivity contribution in [3.63, 3.8) is 0 Å². The maximum atomic E-state index is 11.3. The quantitative estimate of drug-likeness (QED) is 0.653. The molecule has 0 aromatic rings. The zero-order valence-electron chi connectivity index (χ0n) is 8.85. The number of hydrogen-bond acceptors (Lipinski definition) is 5. The van der Waals surface area contributed by atoms with Crippen molar-refractivity contribution in [2.75, 3.05) is 17.8 Å². The molecule has 0 saturated carbocycles. The van der Waals surface area contributed by atoms with Crippen LogP contribution in [0.2, 0.25) is 0 Å². The van der Waals surface area contributed by atoms with E-state index in [4.69, 9.17) is 0 Å². The molecule has 15 heavy (non-hydrogen) atoms. The fourth-order valence-corrected chi connectivity index (χ4v) is 3.58. The summed E-state index contributed by atoms with van der Waals surface area (Å²) in [5, 5.41) is 0. The van der Waals surface area contributed by atoms with Crippen LogP contribution in [0.5, 0.6) is 0 Å². The summed E-state index contributed by atoms with van der Waals surface area (Å²) in [6, 6.07) is -0.824. The van der Waals surface area contributed by atoms with E-state index in [9.17, 15) is 21.6 Å². The summed E-state index contributed by atoms with van der Waals surface area (Å²) >= 11 is 0. The van der Waals surface area contributed by atoms with E-state index in [0.717, 1.165) is 6.26 Å². The molecule has 1 atom stereocenters. The summed E-state index contributed by atoms with van der Waals surface area (Å²) in [6.07, 6.45) is 0.955. The molecule has 1 N–H and O–H groups in total. The number of sulfone groups is 1. The molecule has 8 heteroatoms. The first-order valence-corrected chi connectivity index (χ1v) is 7.93. The Hall–Kier alpha value is -0.470. The van der Waals surface area contributed by atoms with Gasteiger partial charge < -0.3 is 0 Å². The van der Waals surface area contributed by atoms with Crippen molar-refractivity contribution >= 4 is 25.6 Å². The first kappa shape index (κ1) is 14.5. The molecule has 0 aromatic carbocycles. The fraction of sp³-hybridized carbons (Fsp3) is 0.857. The van der Waals surface area contributed by atoms with Crippen molar-refractivity contribution in [1.82, 2.24) is 4.72 Å². The molecule has 0 radical (unpaired) electrons. The number of rotatable bonds is 6. The molecule has 0 aliphatic heterocycles. The van der Waals surface area contributed by atoms with Gasteiger partial charge in [0.05, 0.1) is 17.5 Å². The lowest BCUT2D eigenvalue weighted by molar-refractivity contribution is -0.118. The highest BCUT2D eigenvalue weighted by molar-refractivity contribution is 7.93. The largest absolute Gasteiger partial charge is 0.298 e. The highest BCUT2D eigenvalue weighted by Crippen LogP contribution is 1.93. The van der Waals surface area contributed by atoms with Crippen LogP contribution in [-0.4, -0.2) is 46.4 Å². The van der Waals surface area contributed by atoms with E-state index >= 15 is 0 Å². The molecule has 0 spiro atoms. The van der Waals surface area contributed by atoms with E-state index in [1.54, 1.807) is 0 Å². The number of carbonyl (C=O) groups excluding carboxylic acids is 1. The monoisotopic (exact) mass is 257 g/mol. The maximum absolute atomic E-state index is 11.3. The summed E-state index contributed by atoms with van der Waals surface area (Å²) in [6.45, 7) is 2.66. The van der Waals surface area contributed by atoms with Crippen LogP contribution in [0.1, 0.15) is 13.8 Å². The first-order valence-electron chi connectivity index (χ1n) is 4.22. The number of sulfonamides is 1. The van der Waals surface area contributed by atoms with Crippen molar-refractivity contribution in [1.29, 1.82) is 0 Å². The Kier molecular flexibility index (Phi) is 4.88. The van der Waals surface area contributed by atoms with Gasteiger partial charge in [0.25, 0.3) is 0 Å². The van der Waals surface area contributed by atoms with Gasteiger partial charge in [-0.15, -0.1) is 0 Å². The Morgan fingerprint density at radius 1 is 1.20 bits per heavy atom. The zero-order valence-corrected chi connectivity index (χ0v) is 10.5. The van der Waals surface area contributed by atoms with Crippen LogP contribution in [0.3, 0.4) is 0 Å². The zero-order chi connectivity index (χ0) is 12.3. The van der Waals surface area contributed by atoms with Crippen LogP contribution in [-0.2, 0) is 24.7 Å². The smallest absolute Gasteiger partial charge is 0.213 e. The molecule has 0 heterocycles. The van der Waals surface area contributed by atoms with Crippen LogP contribution in [0, 0.1) is 0 Å². The minimum atomic E-state index is -3.71. The van der Waals surface area contributed by atoms with Crippen LogP contribution in [0.15, 0.2) is 0 Å². The maximum Gasteiger partial charge on any atom is 0.213 e. The molecule has 90 valence electrons. The summed E-state index contributed by atoms with van der Waals surface area (Å²) in [4.78, 5) is 10.8. The predicted octanol–water partition coefficient (Wildman–Crippen LogP) is -1.07. The number of carbonyl (C=O) groups is 1. The molecule has 0 aliphatic carbocycles. The van der Waals surface area contributed by atoms with Gasteiger partial charge in [0.15, 0.2) is 0 Å². The lowest BCUT2D eigenvalue weighted by Crippen LogP contribution is -2.39. The summed E-state index contributed by atoms with van der Waals surface area (Å²) in [7, 11) is -7.03. The van der Waals surface area contributed by atoms with Gasteiger partial charge in [-0.05, 0) is 13.8 Å². The van der Waals surface area contributed by atoms with Crippen LogP contribution >= 0.6 is 0 Å². The van der Waals surface area contributed by atoms with Gasteiger partial charge in [0, 0.05) is 6.26 Å². The van der Waals surface area contributed by atoms with E-state index in [1.165, 1.54) is 13.8 Å². The number of hydrogen-bond donors (Lipinski definition) is 1. The molecule has 6 nitrogen and oxygen atoms in total. The summed E-state index contributed by atoms with van der Waals surface area (Å²) in [5.74, 6) is -1.30. The third-order valence-corrected chi connectivity index (χ3v) is 4.35. The Balaban J connectivity index is 4.40. The molecule has 0 rings (SSSR count). The Morgan fingerprint density at radius 3 is 2.00 bits per heavy atom. The molecule has 0 amide bonds. The second-order valence-electron chi connectivity index (χ2n) is 3.40. The van der Waals surface area contributed by atoms with Gasteiger partial charge in [0.1, 0.15) is 15.6 Å². The minimum absolute atomic E-state index is 0.321. The highest BCUT2D eigenvalue weighted by Gasteiger charge is 2.19. The summed E-state index contributed by atoms with van der Waals surface area (Å²) in [5.41, 5.74) is 0. The molecule has 0 aliphatic rings. The van der Waals surface area contributed by atoms with E-state index in [1.807, 2.05) is 0 Å². The third kappa shape index (κ3) is 7.46. The van der Waals surface area contributed by atoms with Crippen molar-refractivity contribution < 1.29 is 21.6 Å². The van der Waals surface area contributed by atoms with Crippen molar-refractivity contribution in [3.8, 4) is 0 Å². The molecular weight excluding hydrogens is 242 g/mol. The van der Waals surface area contributed by atoms with Crippen LogP contribution < -0.4 is 4.72 Å². The Morgan fingerprint density at radius 2 is 1.67 bits per heavy atom. The van der Waals surface area contributed by atoms with Gasteiger partial charge in [0.2, 0.25) is 10.0 Å². The molecule has 0 aromatic heterocycles. The lowest BCUT2D eigenvalue weighted by atomic mass is 10.3. The second kappa shape index (κ2) is 5.04. The number of ketones is 1. The molecular formula is C7H15NO5S2. The van der Waals surface area contributed by atoms with E-state index < -0.39 is 37.4 Å². The van der Waals surface area contributed by atoms with Crippen LogP contribution in [0.25, 0.3) is 0 Å². The standard InChI is InChI=1S/C7H15NO5S2/c1-6(7(2)9)8-15(12,13)5-4-14(3,10)11/h6,8H,4-5H2,1-3H3. The SMILES string of the molecule is CC(=O)C(C)NS(=O)(=O)CCS(C)(=O)=O. The van der Waals surface area contributed by atoms with Crippen LogP contribution in [0.4, 0.5) is 0 Å². The fourth-order valence-electron chi connectivity index (χ4n) is 0.672. The Bertz CT molecular complexity index is 422. The molecule has 0 bridgehead atoms. The average Bonchev–Trinajstić information content (AvgIpc) is 1.99. The van der Waals surface area contributed by atoms with Crippen molar-refractivity contribution in [2.24, 2.45) is 0 Å². The van der Waals surface area contributed by atoms with Gasteiger partial charge in [-0.3, -0.25) is 4.79 Å². The van der Waals surface area contributed by atoms with Gasteiger partial charge >= 0.3 is 0 Å². The molecule has 0 fully saturated rings. The number of Topliss-reactive ketones (excluding diaryl/α,β-unsaturated/α-hetero) is 1. The van der Waals surface area contributed by atoms with Crippen molar-refractivity contribution in [2.45, 2.75) is 19.9 Å². The van der Waals surface area contributed by atoms with E-state index in [0.29, 0.717) is 0 Å². The van der Waals surface area contributed by atoms with Gasteiger partial charge in [-0.1, -0.05) is 0 Å². The first-order chi connectivity index (χ1) is 6.53. The molecule has 1 unspecified atom stereocenters.